The Bertz CT molecular complexity index is 354. The van der Waals surface area contributed by atoms with E-state index in [1.807, 2.05) is 0 Å². The Balaban J connectivity index is 2.93. The summed E-state index contributed by atoms with van der Waals surface area (Å²) < 4.78 is 13.1. The number of hydrogen-bond acceptors (Lipinski definition) is 3. The highest BCUT2D eigenvalue weighted by molar-refractivity contribution is 5.25. The van der Waals surface area contributed by atoms with Gasteiger partial charge in [0, 0.05) is 10.5 Å². The molecule has 1 aromatic carbocycles. The lowest BCUT2D eigenvalue weighted by atomic mass is 10.1. The lowest BCUT2D eigenvalue weighted by Crippen LogP contribution is -2.13. The summed E-state index contributed by atoms with van der Waals surface area (Å²) in [6.07, 6.45) is -1.38. The molecule has 76 valence electrons. The largest absolute Gasteiger partial charge is 0.381 e. The number of aliphatic hydroxyl groups excluding tert-OH is 1. The van der Waals surface area contributed by atoms with Crippen molar-refractivity contribution >= 4 is 0 Å². The summed E-state index contributed by atoms with van der Waals surface area (Å²) in [5.74, 6) is -0.620. The minimum atomic E-state index is -1.38. The quantitative estimate of drug-likeness (QED) is 0.591. The summed E-state index contributed by atoms with van der Waals surface area (Å²) in [5, 5.41) is 19.4. The van der Waals surface area contributed by atoms with Gasteiger partial charge in [-0.2, -0.15) is 0 Å². The number of aryl methyl sites for hydroxylation is 1. The van der Waals surface area contributed by atoms with Crippen LogP contribution in [0.4, 0.5) is 4.39 Å². The first-order valence-corrected chi connectivity index (χ1v) is 4.06. The Morgan fingerprint density at radius 1 is 1.64 bits per heavy atom. The second-order valence-electron chi connectivity index (χ2n) is 3.06. The maximum absolute atomic E-state index is 13.1. The van der Waals surface area contributed by atoms with Crippen molar-refractivity contribution < 1.29 is 14.4 Å². The summed E-state index contributed by atoms with van der Waals surface area (Å²) in [6, 6.07) is 4.13. The Kier molecular flexibility index (Phi) is 3.14. The fourth-order valence-corrected chi connectivity index (χ4v) is 1.16. The molecule has 0 aliphatic heterocycles. The fourth-order valence-electron chi connectivity index (χ4n) is 1.16. The van der Waals surface area contributed by atoms with E-state index in [1.54, 1.807) is 6.92 Å². The zero-order chi connectivity index (χ0) is 10.7. The first-order chi connectivity index (χ1) is 6.50. The summed E-state index contributed by atoms with van der Waals surface area (Å²) in [6.45, 7) is 1.04. The third-order valence-corrected chi connectivity index (χ3v) is 1.83. The van der Waals surface area contributed by atoms with Gasteiger partial charge in [-0.05, 0) is 13.0 Å². The topological polar surface area (TPSA) is 63.4 Å². The highest BCUT2D eigenvalue weighted by Crippen LogP contribution is 2.18. The molecule has 0 fully saturated rings. The predicted octanol–water partition coefficient (Wildman–Crippen LogP) is 1.44. The molecule has 1 rings (SSSR count). The van der Waals surface area contributed by atoms with E-state index < -0.39 is 23.4 Å². The highest BCUT2D eigenvalue weighted by atomic mass is 19.1. The predicted molar refractivity (Wildman–Crippen MR) is 48.0 cm³/mol. The highest BCUT2D eigenvalue weighted by Gasteiger charge is 2.17. The van der Waals surface area contributed by atoms with E-state index in [1.165, 1.54) is 18.2 Å². The third kappa shape index (κ3) is 2.50. The molecule has 1 N–H and O–H groups in total. The Labute approximate surface area is 80.1 Å². The van der Waals surface area contributed by atoms with Crippen LogP contribution in [0.2, 0.25) is 0 Å². The molecule has 1 aromatic rings. The van der Waals surface area contributed by atoms with Gasteiger partial charge in [0.25, 0.3) is 0 Å². The van der Waals surface area contributed by atoms with Crippen LogP contribution in [0.25, 0.3) is 0 Å². The molecule has 1 atom stereocenters. The molecular formula is C9H10FNO3. The summed E-state index contributed by atoms with van der Waals surface area (Å²) in [7, 11) is 0. The Morgan fingerprint density at radius 2 is 2.29 bits per heavy atom. The van der Waals surface area contributed by atoms with Gasteiger partial charge in [0.2, 0.25) is 6.54 Å². The lowest BCUT2D eigenvalue weighted by Gasteiger charge is -2.08. The summed E-state index contributed by atoms with van der Waals surface area (Å²) in [5.41, 5.74) is 0.727. The molecule has 1 unspecified atom stereocenters. The second-order valence-corrected chi connectivity index (χ2v) is 3.06. The van der Waals surface area contributed by atoms with Crippen molar-refractivity contribution in [1.82, 2.24) is 0 Å². The molecule has 0 saturated carbocycles. The summed E-state index contributed by atoms with van der Waals surface area (Å²) in [4.78, 5) is 9.43. The van der Waals surface area contributed by atoms with E-state index in [2.05, 4.69) is 0 Å². The van der Waals surface area contributed by atoms with Crippen molar-refractivity contribution in [2.24, 2.45) is 0 Å². The Morgan fingerprint density at radius 3 is 2.86 bits per heavy atom. The number of hydrogen-bond donors (Lipinski definition) is 1. The molecule has 0 aliphatic rings. The monoisotopic (exact) mass is 199 g/mol. The summed E-state index contributed by atoms with van der Waals surface area (Å²) >= 11 is 0. The van der Waals surface area contributed by atoms with E-state index in [-0.39, 0.29) is 5.56 Å². The molecule has 0 amide bonds. The van der Waals surface area contributed by atoms with Crippen LogP contribution in [0.15, 0.2) is 18.2 Å². The normalized spacial score (nSPS) is 12.5. The number of nitrogens with zero attached hydrogens (tertiary/aromatic N) is 1. The molecule has 0 saturated heterocycles. The van der Waals surface area contributed by atoms with Gasteiger partial charge in [0.05, 0.1) is 0 Å². The van der Waals surface area contributed by atoms with Crippen molar-refractivity contribution in [3.8, 4) is 0 Å². The van der Waals surface area contributed by atoms with Crippen LogP contribution in [0.1, 0.15) is 17.2 Å². The van der Waals surface area contributed by atoms with Gasteiger partial charge >= 0.3 is 0 Å². The van der Waals surface area contributed by atoms with E-state index in [0.29, 0.717) is 0 Å². The molecule has 0 aromatic heterocycles. The number of aliphatic hydroxyl groups is 1. The van der Waals surface area contributed by atoms with E-state index in [9.17, 15) is 19.6 Å². The molecular weight excluding hydrogens is 189 g/mol. The standard InChI is InChI=1S/C9H10FNO3/c1-6-2-3-8(10)7(4-6)9(12)5-11(13)14/h2-4,9,12H,5H2,1H3. The molecule has 0 aliphatic carbocycles. The fraction of sp³-hybridized carbons (Fsp3) is 0.333. The number of nitro groups is 1. The zero-order valence-electron chi connectivity index (χ0n) is 7.61. The molecule has 0 radical (unpaired) electrons. The van der Waals surface area contributed by atoms with Crippen LogP contribution < -0.4 is 0 Å². The maximum atomic E-state index is 13.1. The Hall–Kier alpha value is -1.49. The van der Waals surface area contributed by atoms with Crippen LogP contribution in [0.3, 0.4) is 0 Å². The van der Waals surface area contributed by atoms with Gasteiger partial charge < -0.3 is 5.11 Å². The minimum Gasteiger partial charge on any atom is -0.381 e. The first kappa shape index (κ1) is 10.6. The van der Waals surface area contributed by atoms with Crippen molar-refractivity contribution in [3.63, 3.8) is 0 Å². The first-order valence-electron chi connectivity index (χ1n) is 4.06. The zero-order valence-corrected chi connectivity index (χ0v) is 7.61. The third-order valence-electron chi connectivity index (χ3n) is 1.83. The SMILES string of the molecule is Cc1ccc(F)c(C(O)C[N+](=O)[O-])c1. The second kappa shape index (κ2) is 4.15. The van der Waals surface area contributed by atoms with Crippen molar-refractivity contribution in [2.45, 2.75) is 13.0 Å². The van der Waals surface area contributed by atoms with Crippen molar-refractivity contribution in [2.75, 3.05) is 6.54 Å². The van der Waals surface area contributed by atoms with E-state index in [0.717, 1.165) is 5.56 Å². The van der Waals surface area contributed by atoms with Crippen molar-refractivity contribution in [1.29, 1.82) is 0 Å². The smallest absolute Gasteiger partial charge is 0.233 e. The van der Waals surface area contributed by atoms with Crippen LogP contribution in [0.5, 0.6) is 0 Å². The van der Waals surface area contributed by atoms with Gasteiger partial charge in [-0.15, -0.1) is 0 Å². The van der Waals surface area contributed by atoms with Crippen LogP contribution in [-0.4, -0.2) is 16.6 Å². The minimum absolute atomic E-state index is 0.0262. The van der Waals surface area contributed by atoms with Gasteiger partial charge in [-0.3, -0.25) is 10.1 Å². The van der Waals surface area contributed by atoms with Gasteiger partial charge in [-0.1, -0.05) is 17.7 Å². The van der Waals surface area contributed by atoms with E-state index >= 15 is 0 Å². The number of halogens is 1. The average molecular weight is 199 g/mol. The number of rotatable bonds is 3. The maximum Gasteiger partial charge on any atom is 0.233 e. The van der Waals surface area contributed by atoms with Crippen LogP contribution >= 0.6 is 0 Å². The van der Waals surface area contributed by atoms with Crippen LogP contribution in [0, 0.1) is 22.9 Å². The molecule has 14 heavy (non-hydrogen) atoms. The molecule has 5 heteroatoms. The van der Waals surface area contributed by atoms with Gasteiger partial charge in [0.15, 0.2) is 0 Å². The molecule has 0 heterocycles. The van der Waals surface area contributed by atoms with Gasteiger partial charge in [0.1, 0.15) is 11.9 Å². The molecule has 0 spiro atoms. The van der Waals surface area contributed by atoms with E-state index in [4.69, 9.17) is 0 Å². The van der Waals surface area contributed by atoms with Crippen molar-refractivity contribution in [3.05, 3.63) is 45.3 Å². The molecule has 4 nitrogen and oxygen atoms in total. The number of benzene rings is 1. The lowest BCUT2D eigenvalue weighted by molar-refractivity contribution is -0.491. The average Bonchev–Trinajstić information content (AvgIpc) is 2.08. The van der Waals surface area contributed by atoms with Gasteiger partial charge in [-0.25, -0.2) is 4.39 Å². The molecule has 0 bridgehead atoms. The van der Waals surface area contributed by atoms with Crippen LogP contribution in [-0.2, 0) is 0 Å².